The molecule has 0 unspecified atom stereocenters. The molecule has 0 saturated carbocycles. The highest BCUT2D eigenvalue weighted by Gasteiger charge is 2.19. The molecule has 0 amide bonds. The number of carbonyl (C=O) groups excluding carboxylic acids is 1. The zero-order valence-electron chi connectivity index (χ0n) is 11.2. The highest BCUT2D eigenvalue weighted by molar-refractivity contribution is 6.01. The third-order valence-electron chi connectivity index (χ3n) is 3.26. The van der Waals surface area contributed by atoms with Crippen LogP contribution < -0.4 is 0 Å². The molecule has 0 aliphatic rings. The van der Waals surface area contributed by atoms with Gasteiger partial charge < -0.3 is 4.42 Å². The zero-order valence-corrected chi connectivity index (χ0v) is 11.2. The van der Waals surface area contributed by atoms with Crippen molar-refractivity contribution < 1.29 is 13.6 Å². The van der Waals surface area contributed by atoms with E-state index in [0.29, 0.717) is 22.2 Å². The number of rotatable bonds is 3. The number of aromatic nitrogens is 2. The summed E-state index contributed by atoms with van der Waals surface area (Å²) in [4.78, 5) is 12.3. The molecule has 4 nitrogen and oxygen atoms in total. The van der Waals surface area contributed by atoms with Crippen LogP contribution in [0.2, 0.25) is 0 Å². The summed E-state index contributed by atoms with van der Waals surface area (Å²) >= 11 is 0. The average molecular weight is 272 g/mol. The van der Waals surface area contributed by atoms with Crippen molar-refractivity contribution in [2.45, 2.75) is 13.3 Å². The summed E-state index contributed by atoms with van der Waals surface area (Å²) in [6, 6.07) is 6.02. The Kier molecular flexibility index (Phi) is 2.89. The van der Waals surface area contributed by atoms with Crippen LogP contribution in [-0.2, 0) is 13.5 Å². The highest BCUT2D eigenvalue weighted by atomic mass is 19.1. The number of nitrogens with zero attached hydrogens (tertiary/aromatic N) is 2. The fourth-order valence-electron chi connectivity index (χ4n) is 2.26. The van der Waals surface area contributed by atoms with Gasteiger partial charge in [0.25, 0.3) is 0 Å². The Morgan fingerprint density at radius 2 is 2.20 bits per heavy atom. The second-order valence-electron chi connectivity index (χ2n) is 4.78. The first-order valence-electron chi connectivity index (χ1n) is 6.25. The van der Waals surface area contributed by atoms with Gasteiger partial charge >= 0.3 is 0 Å². The van der Waals surface area contributed by atoms with E-state index in [9.17, 15) is 9.18 Å². The fourth-order valence-corrected chi connectivity index (χ4v) is 2.26. The fraction of sp³-hybridized carbons (Fsp3) is 0.200. The molecule has 3 rings (SSSR count). The van der Waals surface area contributed by atoms with Crippen molar-refractivity contribution in [3.63, 3.8) is 0 Å². The quantitative estimate of drug-likeness (QED) is 0.688. The van der Waals surface area contributed by atoms with E-state index in [1.165, 1.54) is 18.2 Å². The van der Waals surface area contributed by atoms with Crippen molar-refractivity contribution in [3.05, 3.63) is 53.3 Å². The number of fused-ring (bicyclic) bond motifs is 1. The van der Waals surface area contributed by atoms with Crippen molar-refractivity contribution in [2.24, 2.45) is 7.05 Å². The maximum atomic E-state index is 13.2. The molecular formula is C15H13FN2O2. The summed E-state index contributed by atoms with van der Waals surface area (Å²) in [5.74, 6) is -0.223. The van der Waals surface area contributed by atoms with E-state index in [2.05, 4.69) is 5.10 Å². The van der Waals surface area contributed by atoms with Crippen LogP contribution >= 0.6 is 0 Å². The molecule has 1 aromatic carbocycles. The van der Waals surface area contributed by atoms with Gasteiger partial charge in [-0.25, -0.2) is 4.39 Å². The third-order valence-corrected chi connectivity index (χ3v) is 3.26. The van der Waals surface area contributed by atoms with E-state index < -0.39 is 0 Å². The molecule has 0 bridgehead atoms. The Morgan fingerprint density at radius 1 is 1.40 bits per heavy atom. The summed E-state index contributed by atoms with van der Waals surface area (Å²) in [5, 5.41) is 4.80. The maximum Gasteiger partial charge on any atom is 0.204 e. The van der Waals surface area contributed by atoms with Crippen molar-refractivity contribution in [2.75, 3.05) is 0 Å². The molecule has 102 valence electrons. The minimum atomic E-state index is -0.342. The monoisotopic (exact) mass is 272 g/mol. The number of Topliss-reactive ketones (excluding diaryl/α,β-unsaturated/α-hetero) is 1. The van der Waals surface area contributed by atoms with Crippen LogP contribution in [-0.4, -0.2) is 15.6 Å². The SMILES string of the molecule is Cc1c(C(=O)Cc2ccn(C)n2)oc2ccc(F)cc12. The van der Waals surface area contributed by atoms with E-state index in [4.69, 9.17) is 4.42 Å². The van der Waals surface area contributed by atoms with Crippen LogP contribution in [0.4, 0.5) is 4.39 Å². The summed E-state index contributed by atoms with van der Waals surface area (Å²) < 4.78 is 20.4. The van der Waals surface area contributed by atoms with Gasteiger partial charge in [-0.05, 0) is 31.2 Å². The summed E-state index contributed by atoms with van der Waals surface area (Å²) in [7, 11) is 1.79. The van der Waals surface area contributed by atoms with E-state index >= 15 is 0 Å². The number of furan rings is 1. The molecule has 0 saturated heterocycles. The number of halogens is 1. The lowest BCUT2D eigenvalue weighted by atomic mass is 10.1. The number of carbonyl (C=O) groups is 1. The highest BCUT2D eigenvalue weighted by Crippen LogP contribution is 2.26. The van der Waals surface area contributed by atoms with Crippen molar-refractivity contribution >= 4 is 16.8 Å². The van der Waals surface area contributed by atoms with Crippen LogP contribution in [0.1, 0.15) is 21.8 Å². The Hall–Kier alpha value is -2.43. The van der Waals surface area contributed by atoms with E-state index in [1.54, 1.807) is 30.9 Å². The lowest BCUT2D eigenvalue weighted by Crippen LogP contribution is -2.05. The summed E-state index contributed by atoms with van der Waals surface area (Å²) in [6.07, 6.45) is 1.95. The molecule has 0 aliphatic heterocycles. The van der Waals surface area contributed by atoms with Gasteiger partial charge in [-0.3, -0.25) is 9.48 Å². The van der Waals surface area contributed by atoms with Crippen molar-refractivity contribution in [1.29, 1.82) is 0 Å². The van der Waals surface area contributed by atoms with E-state index in [0.717, 1.165) is 0 Å². The lowest BCUT2D eigenvalue weighted by molar-refractivity contribution is 0.0966. The van der Waals surface area contributed by atoms with Gasteiger partial charge in [-0.1, -0.05) is 0 Å². The summed E-state index contributed by atoms with van der Waals surface area (Å²) in [6.45, 7) is 1.76. The first kappa shape index (κ1) is 12.6. The van der Waals surface area contributed by atoms with Gasteiger partial charge in [0.2, 0.25) is 5.78 Å². The first-order valence-corrected chi connectivity index (χ1v) is 6.25. The number of aryl methyl sites for hydroxylation is 2. The molecule has 0 atom stereocenters. The molecular weight excluding hydrogens is 259 g/mol. The normalized spacial score (nSPS) is 11.2. The number of benzene rings is 1. The average Bonchev–Trinajstić information content (AvgIpc) is 2.94. The molecule has 0 spiro atoms. The van der Waals surface area contributed by atoms with Crippen molar-refractivity contribution in [3.8, 4) is 0 Å². The number of hydrogen-bond acceptors (Lipinski definition) is 3. The summed E-state index contributed by atoms with van der Waals surface area (Å²) in [5.41, 5.74) is 1.87. The Bertz CT molecular complexity index is 801. The smallest absolute Gasteiger partial charge is 0.204 e. The van der Waals surface area contributed by atoms with Crippen molar-refractivity contribution in [1.82, 2.24) is 9.78 Å². The zero-order chi connectivity index (χ0) is 14.3. The van der Waals surface area contributed by atoms with Crippen LogP contribution in [0.15, 0.2) is 34.9 Å². The minimum absolute atomic E-state index is 0.155. The Balaban J connectivity index is 1.97. The molecule has 3 aromatic rings. The predicted molar refractivity (Wildman–Crippen MR) is 72.2 cm³/mol. The Labute approximate surface area is 114 Å². The molecule has 0 aliphatic carbocycles. The number of hydrogen-bond donors (Lipinski definition) is 0. The van der Waals surface area contributed by atoms with Gasteiger partial charge in [0.1, 0.15) is 11.4 Å². The van der Waals surface area contributed by atoms with Crippen LogP contribution in [0, 0.1) is 12.7 Å². The Morgan fingerprint density at radius 3 is 2.90 bits per heavy atom. The van der Waals surface area contributed by atoms with Crippen LogP contribution in [0.3, 0.4) is 0 Å². The standard InChI is InChI=1S/C15H13FN2O2/c1-9-12-7-10(16)3-4-14(12)20-15(9)13(19)8-11-5-6-18(2)17-11/h3-7H,8H2,1-2H3. The topological polar surface area (TPSA) is 48.0 Å². The van der Waals surface area contributed by atoms with Gasteiger partial charge in [-0.15, -0.1) is 0 Å². The third kappa shape index (κ3) is 2.11. The van der Waals surface area contributed by atoms with E-state index in [-0.39, 0.29) is 23.8 Å². The molecule has 0 fully saturated rings. The first-order chi connectivity index (χ1) is 9.54. The second kappa shape index (κ2) is 4.59. The van der Waals surface area contributed by atoms with Gasteiger partial charge in [0.15, 0.2) is 5.76 Å². The second-order valence-corrected chi connectivity index (χ2v) is 4.78. The van der Waals surface area contributed by atoms with E-state index in [1.807, 2.05) is 0 Å². The van der Waals surface area contributed by atoms with Gasteiger partial charge in [0, 0.05) is 24.2 Å². The molecule has 5 heteroatoms. The molecule has 20 heavy (non-hydrogen) atoms. The molecule has 0 radical (unpaired) electrons. The predicted octanol–water partition coefficient (Wildman–Crippen LogP) is 3.04. The molecule has 2 aromatic heterocycles. The van der Waals surface area contributed by atoms with Crippen LogP contribution in [0.25, 0.3) is 11.0 Å². The van der Waals surface area contributed by atoms with Gasteiger partial charge in [0.05, 0.1) is 12.1 Å². The maximum absolute atomic E-state index is 13.2. The van der Waals surface area contributed by atoms with Gasteiger partial charge in [-0.2, -0.15) is 5.10 Å². The minimum Gasteiger partial charge on any atom is -0.453 e. The van der Waals surface area contributed by atoms with Crippen LogP contribution in [0.5, 0.6) is 0 Å². The lowest BCUT2D eigenvalue weighted by Gasteiger charge is -1.96. The largest absolute Gasteiger partial charge is 0.453 e. The molecule has 2 heterocycles. The molecule has 0 N–H and O–H groups in total. The number of ketones is 1.